The third-order valence-electron chi connectivity index (χ3n) is 2.23. The second-order valence-corrected chi connectivity index (χ2v) is 4.05. The minimum atomic E-state index is -0.0317. The molecule has 1 aliphatic rings. The van der Waals surface area contributed by atoms with Crippen LogP contribution in [-0.4, -0.2) is 33.6 Å². The fourth-order valence-electron chi connectivity index (χ4n) is 1.50. The van der Waals surface area contributed by atoms with Crippen LogP contribution in [0.1, 0.15) is 19.3 Å². The Morgan fingerprint density at radius 1 is 1.43 bits per heavy atom. The standard InChI is InChI=1S/C8H12N4OS/c13-8(10-7-6-9-11-14-7)12-4-2-1-3-5-12/h6H,1-5H2,(H,10,13). The molecule has 0 aromatic carbocycles. The van der Waals surface area contributed by atoms with E-state index < -0.39 is 0 Å². The van der Waals surface area contributed by atoms with Crippen LogP contribution in [0, 0.1) is 0 Å². The van der Waals surface area contributed by atoms with Crippen molar-refractivity contribution >= 4 is 22.6 Å². The lowest BCUT2D eigenvalue weighted by Crippen LogP contribution is -2.38. The number of rotatable bonds is 1. The third-order valence-corrected chi connectivity index (χ3v) is 2.81. The number of nitrogens with one attached hydrogen (secondary N) is 1. The molecule has 0 bridgehead atoms. The topological polar surface area (TPSA) is 58.1 Å². The minimum Gasteiger partial charge on any atom is -0.325 e. The number of amides is 2. The summed E-state index contributed by atoms with van der Waals surface area (Å²) in [5.41, 5.74) is 0. The van der Waals surface area contributed by atoms with Crippen molar-refractivity contribution in [3.8, 4) is 0 Å². The van der Waals surface area contributed by atoms with Crippen molar-refractivity contribution in [2.75, 3.05) is 18.4 Å². The first-order valence-corrected chi connectivity index (χ1v) is 5.47. The lowest BCUT2D eigenvalue weighted by Gasteiger charge is -2.26. The predicted molar refractivity (Wildman–Crippen MR) is 54.4 cm³/mol. The van der Waals surface area contributed by atoms with E-state index in [-0.39, 0.29) is 6.03 Å². The molecule has 1 aromatic heterocycles. The second-order valence-electron chi connectivity index (χ2n) is 3.26. The molecular weight excluding hydrogens is 200 g/mol. The highest BCUT2D eigenvalue weighted by molar-refractivity contribution is 7.10. The van der Waals surface area contributed by atoms with E-state index in [1.807, 2.05) is 4.90 Å². The van der Waals surface area contributed by atoms with Crippen LogP contribution in [0.5, 0.6) is 0 Å². The Morgan fingerprint density at radius 2 is 2.21 bits per heavy atom. The fourth-order valence-corrected chi connectivity index (χ4v) is 1.91. The van der Waals surface area contributed by atoms with Crippen LogP contribution in [-0.2, 0) is 0 Å². The van der Waals surface area contributed by atoms with E-state index in [0.29, 0.717) is 5.00 Å². The summed E-state index contributed by atoms with van der Waals surface area (Å²) in [5.74, 6) is 0. The molecule has 0 radical (unpaired) electrons. The highest BCUT2D eigenvalue weighted by atomic mass is 32.1. The molecule has 14 heavy (non-hydrogen) atoms. The molecule has 1 saturated heterocycles. The molecule has 1 aliphatic heterocycles. The zero-order chi connectivity index (χ0) is 9.80. The molecule has 0 saturated carbocycles. The van der Waals surface area contributed by atoms with Crippen molar-refractivity contribution in [3.05, 3.63) is 6.20 Å². The van der Waals surface area contributed by atoms with Gasteiger partial charge in [0.1, 0.15) is 5.00 Å². The molecule has 2 rings (SSSR count). The highest BCUT2D eigenvalue weighted by Gasteiger charge is 2.16. The molecule has 1 N–H and O–H groups in total. The van der Waals surface area contributed by atoms with E-state index >= 15 is 0 Å². The summed E-state index contributed by atoms with van der Waals surface area (Å²) in [6.45, 7) is 1.72. The van der Waals surface area contributed by atoms with Crippen LogP contribution in [0.2, 0.25) is 0 Å². The average Bonchev–Trinajstić information content (AvgIpc) is 2.72. The van der Waals surface area contributed by atoms with Gasteiger partial charge in [-0.05, 0) is 19.3 Å². The van der Waals surface area contributed by atoms with Gasteiger partial charge >= 0.3 is 6.03 Å². The van der Waals surface area contributed by atoms with Crippen molar-refractivity contribution in [2.45, 2.75) is 19.3 Å². The molecule has 2 heterocycles. The molecule has 6 heteroatoms. The lowest BCUT2D eigenvalue weighted by molar-refractivity contribution is 0.200. The van der Waals surface area contributed by atoms with Crippen LogP contribution in [0.4, 0.5) is 9.80 Å². The quantitative estimate of drug-likeness (QED) is 0.768. The van der Waals surface area contributed by atoms with Crippen molar-refractivity contribution < 1.29 is 4.79 Å². The number of aromatic nitrogens is 2. The van der Waals surface area contributed by atoms with Crippen LogP contribution < -0.4 is 5.32 Å². The summed E-state index contributed by atoms with van der Waals surface area (Å²) >= 11 is 1.20. The number of hydrogen-bond donors (Lipinski definition) is 1. The Hall–Kier alpha value is -1.17. The molecular formula is C8H12N4OS. The van der Waals surface area contributed by atoms with Gasteiger partial charge in [0.05, 0.1) is 6.20 Å². The molecule has 0 aliphatic carbocycles. The van der Waals surface area contributed by atoms with E-state index in [1.165, 1.54) is 18.0 Å². The maximum Gasteiger partial charge on any atom is 0.322 e. The van der Waals surface area contributed by atoms with Gasteiger partial charge in [-0.2, -0.15) is 0 Å². The molecule has 0 spiro atoms. The Bertz CT molecular complexity index is 294. The fraction of sp³-hybridized carbons (Fsp3) is 0.625. The van der Waals surface area contributed by atoms with Gasteiger partial charge in [-0.15, -0.1) is 5.10 Å². The van der Waals surface area contributed by atoms with Crippen molar-refractivity contribution in [2.24, 2.45) is 0 Å². The smallest absolute Gasteiger partial charge is 0.322 e. The van der Waals surface area contributed by atoms with Crippen LogP contribution in [0.25, 0.3) is 0 Å². The third kappa shape index (κ3) is 2.20. The summed E-state index contributed by atoms with van der Waals surface area (Å²) in [6, 6.07) is -0.0317. The van der Waals surface area contributed by atoms with Gasteiger partial charge in [0.2, 0.25) is 0 Å². The van der Waals surface area contributed by atoms with Crippen molar-refractivity contribution in [3.63, 3.8) is 0 Å². The van der Waals surface area contributed by atoms with E-state index in [1.54, 1.807) is 6.20 Å². The summed E-state index contributed by atoms with van der Waals surface area (Å²) in [4.78, 5) is 13.5. The molecule has 1 fully saturated rings. The van der Waals surface area contributed by atoms with Gasteiger partial charge in [-0.25, -0.2) is 4.79 Å². The number of likely N-dealkylation sites (tertiary alicyclic amines) is 1. The summed E-state index contributed by atoms with van der Waals surface area (Å²) in [7, 11) is 0. The molecule has 0 atom stereocenters. The molecule has 0 unspecified atom stereocenters. The number of piperidine rings is 1. The van der Waals surface area contributed by atoms with Gasteiger partial charge < -0.3 is 4.90 Å². The maximum absolute atomic E-state index is 11.6. The van der Waals surface area contributed by atoms with E-state index in [4.69, 9.17) is 0 Å². The van der Waals surface area contributed by atoms with E-state index in [9.17, 15) is 4.79 Å². The average molecular weight is 212 g/mol. The number of nitrogens with zero attached hydrogens (tertiary/aromatic N) is 3. The van der Waals surface area contributed by atoms with Gasteiger partial charge in [0.15, 0.2) is 0 Å². The second kappa shape index (κ2) is 4.36. The maximum atomic E-state index is 11.6. The summed E-state index contributed by atoms with van der Waals surface area (Å²) < 4.78 is 3.68. The van der Waals surface area contributed by atoms with Crippen LogP contribution in [0.15, 0.2) is 6.20 Å². The monoisotopic (exact) mass is 212 g/mol. The Labute approximate surface area is 86.3 Å². The van der Waals surface area contributed by atoms with E-state index in [2.05, 4.69) is 14.9 Å². The van der Waals surface area contributed by atoms with Crippen molar-refractivity contribution in [1.29, 1.82) is 0 Å². The van der Waals surface area contributed by atoms with Gasteiger partial charge in [-0.3, -0.25) is 5.32 Å². The van der Waals surface area contributed by atoms with Gasteiger partial charge in [0, 0.05) is 24.6 Å². The predicted octanol–water partition coefficient (Wildman–Crippen LogP) is 1.56. The lowest BCUT2D eigenvalue weighted by atomic mass is 10.1. The largest absolute Gasteiger partial charge is 0.325 e. The Morgan fingerprint density at radius 3 is 2.86 bits per heavy atom. The number of anilines is 1. The number of carbonyl (C=O) groups is 1. The zero-order valence-corrected chi connectivity index (χ0v) is 8.59. The first kappa shape index (κ1) is 9.39. The Balaban J connectivity index is 1.88. The Kier molecular flexibility index (Phi) is 2.93. The van der Waals surface area contributed by atoms with Gasteiger partial charge in [0.25, 0.3) is 0 Å². The zero-order valence-electron chi connectivity index (χ0n) is 7.77. The molecule has 1 aromatic rings. The molecule has 5 nitrogen and oxygen atoms in total. The summed E-state index contributed by atoms with van der Waals surface area (Å²) in [5, 5.41) is 7.14. The highest BCUT2D eigenvalue weighted by Crippen LogP contribution is 2.13. The van der Waals surface area contributed by atoms with E-state index in [0.717, 1.165) is 25.9 Å². The number of carbonyl (C=O) groups excluding carboxylic acids is 1. The summed E-state index contributed by atoms with van der Waals surface area (Å²) in [6.07, 6.45) is 5.00. The first-order chi connectivity index (χ1) is 6.86. The first-order valence-electron chi connectivity index (χ1n) is 4.69. The molecule has 2 amide bonds. The van der Waals surface area contributed by atoms with Crippen LogP contribution >= 0.6 is 11.5 Å². The normalized spacial score (nSPS) is 16.7. The minimum absolute atomic E-state index is 0.0317. The molecule has 76 valence electrons. The number of urea groups is 1. The van der Waals surface area contributed by atoms with Crippen molar-refractivity contribution in [1.82, 2.24) is 14.5 Å². The van der Waals surface area contributed by atoms with Gasteiger partial charge in [-0.1, -0.05) is 4.49 Å². The SMILES string of the molecule is O=C(Nc1cnns1)N1CCCCC1. The van der Waals surface area contributed by atoms with Crippen LogP contribution in [0.3, 0.4) is 0 Å². The number of hydrogen-bond acceptors (Lipinski definition) is 4.